The fourth-order valence-electron chi connectivity index (χ4n) is 2.03. The number of furan rings is 1. The zero-order valence-corrected chi connectivity index (χ0v) is 13.7. The quantitative estimate of drug-likeness (QED) is 0.461. The molecule has 0 saturated heterocycles. The Kier molecular flexibility index (Phi) is 5.12. The molecule has 2 aromatic carbocycles. The smallest absolute Gasteiger partial charge is 0.398 e. The van der Waals surface area contributed by atoms with E-state index in [0.717, 1.165) is 6.07 Å². The summed E-state index contributed by atoms with van der Waals surface area (Å²) in [5, 5.41) is 26.1. The third-order valence-corrected chi connectivity index (χ3v) is 3.26. The topological polar surface area (TPSA) is 134 Å². The third kappa shape index (κ3) is 4.69. The summed E-state index contributed by atoms with van der Waals surface area (Å²) in [5.41, 5.74) is 3.30. The molecule has 0 aliphatic heterocycles. The van der Waals surface area contributed by atoms with Gasteiger partial charge in [-0.05, 0) is 48.5 Å². The average molecular weight is 367 g/mol. The Morgan fingerprint density at radius 3 is 2.33 bits per heavy atom. The van der Waals surface area contributed by atoms with Crippen molar-refractivity contribution in [3.8, 4) is 11.5 Å². The van der Waals surface area contributed by atoms with Crippen LogP contribution in [0.3, 0.4) is 0 Å². The van der Waals surface area contributed by atoms with E-state index in [2.05, 4.69) is 15.7 Å². The van der Waals surface area contributed by atoms with Crippen LogP contribution in [0, 0.1) is 0 Å². The monoisotopic (exact) mass is 367 g/mol. The van der Waals surface area contributed by atoms with Crippen LogP contribution in [0.25, 0.3) is 0 Å². The standard InChI is InChI=1S/C18H13N3O6/c22-14-8-11(9-15(23)10-14)17(24)20-19-12-3-5-13(6-4-12)21-27-18(25)16-2-1-7-26-16/h1-10,21-23H. The lowest BCUT2D eigenvalue weighted by Crippen LogP contribution is -2.09. The molecule has 0 spiro atoms. The molecule has 27 heavy (non-hydrogen) atoms. The van der Waals surface area contributed by atoms with Gasteiger partial charge in [-0.3, -0.25) is 4.79 Å². The molecule has 1 amide bonds. The molecule has 9 heteroatoms. The number of anilines is 1. The van der Waals surface area contributed by atoms with Gasteiger partial charge in [0.1, 0.15) is 11.5 Å². The fourth-order valence-corrected chi connectivity index (χ4v) is 2.03. The molecule has 3 rings (SSSR count). The number of nitrogens with zero attached hydrogens (tertiary/aromatic N) is 2. The lowest BCUT2D eigenvalue weighted by Gasteiger charge is -2.05. The molecule has 1 aromatic heterocycles. The number of aromatic hydroxyl groups is 2. The second kappa shape index (κ2) is 7.83. The molecule has 0 radical (unpaired) electrons. The van der Waals surface area contributed by atoms with Crippen LogP contribution in [0.15, 0.2) is 75.5 Å². The predicted molar refractivity (Wildman–Crippen MR) is 92.8 cm³/mol. The normalized spacial score (nSPS) is 10.7. The van der Waals surface area contributed by atoms with Crippen LogP contribution in [0.1, 0.15) is 20.9 Å². The largest absolute Gasteiger partial charge is 0.508 e. The molecule has 136 valence electrons. The number of amides is 1. The molecule has 0 aliphatic rings. The molecule has 1 heterocycles. The minimum absolute atomic E-state index is 0.000578. The number of hydrogen-bond acceptors (Lipinski definition) is 8. The predicted octanol–water partition coefficient (Wildman–Crippen LogP) is 3.80. The number of carbonyl (C=O) groups is 2. The molecular formula is C18H13N3O6. The summed E-state index contributed by atoms with van der Waals surface area (Å²) in [6, 6.07) is 12.7. The van der Waals surface area contributed by atoms with Gasteiger partial charge in [-0.15, -0.1) is 10.2 Å². The van der Waals surface area contributed by atoms with Crippen molar-refractivity contribution in [1.82, 2.24) is 0 Å². The molecule has 0 atom stereocenters. The molecule has 9 nitrogen and oxygen atoms in total. The minimum Gasteiger partial charge on any atom is -0.508 e. The van der Waals surface area contributed by atoms with Gasteiger partial charge in [0.2, 0.25) is 5.76 Å². The van der Waals surface area contributed by atoms with Gasteiger partial charge >= 0.3 is 5.97 Å². The van der Waals surface area contributed by atoms with Crippen LogP contribution in [0.4, 0.5) is 11.4 Å². The molecule has 0 unspecified atom stereocenters. The van der Waals surface area contributed by atoms with Gasteiger partial charge in [0.05, 0.1) is 23.2 Å². The summed E-state index contributed by atoms with van der Waals surface area (Å²) in [4.78, 5) is 28.4. The van der Waals surface area contributed by atoms with E-state index >= 15 is 0 Å². The Labute approximate surface area is 152 Å². The van der Waals surface area contributed by atoms with Gasteiger partial charge in [0.15, 0.2) is 0 Å². The maximum atomic E-state index is 11.9. The first kappa shape index (κ1) is 17.7. The Balaban J connectivity index is 1.59. The lowest BCUT2D eigenvalue weighted by atomic mass is 10.2. The van der Waals surface area contributed by atoms with Crippen molar-refractivity contribution in [2.75, 3.05) is 5.48 Å². The number of benzene rings is 2. The zero-order valence-electron chi connectivity index (χ0n) is 13.7. The summed E-state index contributed by atoms with van der Waals surface area (Å²) in [7, 11) is 0. The van der Waals surface area contributed by atoms with E-state index in [4.69, 9.17) is 9.25 Å². The van der Waals surface area contributed by atoms with E-state index < -0.39 is 11.9 Å². The van der Waals surface area contributed by atoms with Crippen molar-refractivity contribution in [1.29, 1.82) is 0 Å². The first-order valence-corrected chi connectivity index (χ1v) is 7.61. The van der Waals surface area contributed by atoms with Gasteiger partial charge in [-0.25, -0.2) is 10.3 Å². The van der Waals surface area contributed by atoms with Crippen molar-refractivity contribution < 1.29 is 29.1 Å². The number of nitrogens with one attached hydrogen (secondary N) is 1. The second-order valence-electron chi connectivity index (χ2n) is 5.26. The van der Waals surface area contributed by atoms with Crippen LogP contribution >= 0.6 is 0 Å². The van der Waals surface area contributed by atoms with Crippen molar-refractivity contribution >= 4 is 23.3 Å². The highest BCUT2D eigenvalue weighted by Gasteiger charge is 2.10. The number of phenolic OH excluding ortho intramolecular Hbond substituents is 2. The van der Waals surface area contributed by atoms with Crippen LogP contribution in [-0.4, -0.2) is 22.1 Å². The van der Waals surface area contributed by atoms with Crippen LogP contribution in [-0.2, 0) is 4.84 Å². The fraction of sp³-hybridized carbons (Fsp3) is 0. The lowest BCUT2D eigenvalue weighted by molar-refractivity contribution is 0.0560. The van der Waals surface area contributed by atoms with E-state index in [1.54, 1.807) is 30.3 Å². The Hall–Kier alpha value is -4.14. The zero-order chi connectivity index (χ0) is 19.2. The van der Waals surface area contributed by atoms with E-state index in [1.165, 1.54) is 24.5 Å². The maximum Gasteiger partial charge on any atom is 0.398 e. The van der Waals surface area contributed by atoms with Crippen LogP contribution in [0.5, 0.6) is 11.5 Å². The van der Waals surface area contributed by atoms with Crippen molar-refractivity contribution in [2.45, 2.75) is 0 Å². The van der Waals surface area contributed by atoms with Gasteiger partial charge in [-0.1, -0.05) is 0 Å². The Morgan fingerprint density at radius 1 is 1.00 bits per heavy atom. The molecule has 0 bridgehead atoms. The summed E-state index contributed by atoms with van der Waals surface area (Å²) < 4.78 is 4.90. The van der Waals surface area contributed by atoms with E-state index in [-0.39, 0.29) is 22.8 Å². The van der Waals surface area contributed by atoms with Gasteiger partial charge < -0.3 is 19.5 Å². The van der Waals surface area contributed by atoms with Crippen molar-refractivity contribution in [2.24, 2.45) is 10.2 Å². The molecule has 0 saturated carbocycles. The van der Waals surface area contributed by atoms with Crippen LogP contribution in [0.2, 0.25) is 0 Å². The van der Waals surface area contributed by atoms with Gasteiger partial charge in [0, 0.05) is 6.07 Å². The number of hydrogen-bond donors (Lipinski definition) is 3. The maximum absolute atomic E-state index is 11.9. The molecule has 0 fully saturated rings. The third-order valence-electron chi connectivity index (χ3n) is 3.26. The summed E-state index contributed by atoms with van der Waals surface area (Å²) >= 11 is 0. The highest BCUT2D eigenvalue weighted by atomic mass is 16.7. The van der Waals surface area contributed by atoms with Crippen molar-refractivity contribution in [3.63, 3.8) is 0 Å². The highest BCUT2D eigenvalue weighted by molar-refractivity contribution is 5.95. The molecule has 0 aliphatic carbocycles. The van der Waals surface area contributed by atoms with Gasteiger partial charge in [0.25, 0.3) is 5.91 Å². The van der Waals surface area contributed by atoms with Gasteiger partial charge in [-0.2, -0.15) is 0 Å². The molecule has 3 aromatic rings. The SMILES string of the molecule is O=C(N=Nc1ccc(NOC(=O)c2ccco2)cc1)c1cc(O)cc(O)c1. The van der Waals surface area contributed by atoms with E-state index in [0.29, 0.717) is 11.4 Å². The number of phenols is 2. The molecular weight excluding hydrogens is 354 g/mol. The Bertz CT molecular complexity index is 961. The number of rotatable bonds is 5. The molecule has 3 N–H and O–H groups in total. The first-order valence-electron chi connectivity index (χ1n) is 7.61. The van der Waals surface area contributed by atoms with E-state index in [1.807, 2.05) is 0 Å². The second-order valence-corrected chi connectivity index (χ2v) is 5.26. The van der Waals surface area contributed by atoms with Crippen LogP contribution < -0.4 is 5.48 Å². The Morgan fingerprint density at radius 2 is 1.70 bits per heavy atom. The summed E-state index contributed by atoms with van der Waals surface area (Å²) in [5.74, 6) is -1.86. The average Bonchev–Trinajstić information content (AvgIpc) is 3.19. The first-order chi connectivity index (χ1) is 13.0. The summed E-state index contributed by atoms with van der Waals surface area (Å²) in [6.45, 7) is 0. The van der Waals surface area contributed by atoms with Crippen molar-refractivity contribution in [3.05, 3.63) is 72.2 Å². The minimum atomic E-state index is -0.726. The van der Waals surface area contributed by atoms with E-state index in [9.17, 15) is 19.8 Å². The summed E-state index contributed by atoms with van der Waals surface area (Å²) in [6.07, 6.45) is 1.36. The highest BCUT2D eigenvalue weighted by Crippen LogP contribution is 2.22. The number of azo groups is 1. The number of carbonyl (C=O) groups excluding carboxylic acids is 2.